The van der Waals surface area contributed by atoms with Gasteiger partial charge in [-0.15, -0.1) is 0 Å². The van der Waals surface area contributed by atoms with Crippen LogP contribution in [0.5, 0.6) is 5.75 Å². The highest BCUT2D eigenvalue weighted by atomic mass is 35.5. The van der Waals surface area contributed by atoms with E-state index in [9.17, 15) is 4.79 Å². The molecule has 5 nitrogen and oxygen atoms in total. The van der Waals surface area contributed by atoms with Crippen LogP contribution in [0.1, 0.15) is 12.5 Å². The van der Waals surface area contributed by atoms with Crippen LogP contribution in [0.4, 0.5) is 0 Å². The second kappa shape index (κ2) is 7.13. The average molecular weight is 297 g/mol. The normalized spacial score (nSPS) is 13.2. The Bertz CT molecular complexity index is 528. The zero-order valence-electron chi connectivity index (χ0n) is 11.7. The van der Waals surface area contributed by atoms with Crippen molar-refractivity contribution in [2.24, 2.45) is 0 Å². The van der Waals surface area contributed by atoms with Gasteiger partial charge < -0.3 is 14.8 Å². The Hall–Kier alpha value is -1.77. The first-order valence-corrected chi connectivity index (χ1v) is 6.36. The van der Waals surface area contributed by atoms with E-state index in [0.717, 1.165) is 0 Å². The number of carbonyl (C=O) groups is 1. The molecule has 1 unspecified atom stereocenters. The van der Waals surface area contributed by atoms with Crippen LogP contribution in [0.25, 0.3) is 0 Å². The number of nitrogens with zero attached hydrogens (tertiary/aromatic N) is 1. The lowest BCUT2D eigenvalue weighted by Gasteiger charge is -2.22. The summed E-state index contributed by atoms with van der Waals surface area (Å²) in [6, 6.07) is 7.18. The number of nitrogens with one attached hydrogen (secondary N) is 1. The number of hydrogen-bond acceptors (Lipinski definition) is 4. The van der Waals surface area contributed by atoms with E-state index in [1.165, 1.54) is 14.2 Å². The standard InChI is InChI=1S/C14H17ClN2O3/c1-14(8-16,9-19-2)17-13(18)7-10-11(15)5-4-6-12(10)20-3/h4-6H,7,9H2,1-3H3,(H,17,18). The summed E-state index contributed by atoms with van der Waals surface area (Å²) in [4.78, 5) is 12.1. The number of benzene rings is 1. The molecule has 1 rings (SSSR count). The number of hydrogen-bond donors (Lipinski definition) is 1. The first kappa shape index (κ1) is 16.3. The first-order valence-electron chi connectivity index (χ1n) is 5.98. The smallest absolute Gasteiger partial charge is 0.225 e. The van der Waals surface area contributed by atoms with Crippen molar-refractivity contribution in [3.63, 3.8) is 0 Å². The minimum atomic E-state index is -1.07. The first-order chi connectivity index (χ1) is 9.45. The molecule has 1 aromatic carbocycles. The molecule has 0 spiro atoms. The molecule has 0 saturated heterocycles. The number of carbonyl (C=O) groups excluding carboxylic acids is 1. The highest BCUT2D eigenvalue weighted by molar-refractivity contribution is 6.31. The van der Waals surface area contributed by atoms with Crippen molar-refractivity contribution in [1.82, 2.24) is 5.32 Å². The summed E-state index contributed by atoms with van der Waals surface area (Å²) < 4.78 is 10.1. The predicted molar refractivity (Wildman–Crippen MR) is 75.7 cm³/mol. The summed E-state index contributed by atoms with van der Waals surface area (Å²) in [5.41, 5.74) is -0.479. The van der Waals surface area contributed by atoms with Crippen LogP contribution in [0.2, 0.25) is 5.02 Å². The van der Waals surface area contributed by atoms with E-state index in [2.05, 4.69) is 5.32 Å². The Labute approximate surface area is 123 Å². The highest BCUT2D eigenvalue weighted by Crippen LogP contribution is 2.26. The van der Waals surface area contributed by atoms with Crippen molar-refractivity contribution in [2.45, 2.75) is 18.9 Å². The van der Waals surface area contributed by atoms with E-state index in [4.69, 9.17) is 26.3 Å². The molecule has 1 aromatic rings. The zero-order valence-corrected chi connectivity index (χ0v) is 12.5. The van der Waals surface area contributed by atoms with Gasteiger partial charge in [-0.2, -0.15) is 5.26 Å². The van der Waals surface area contributed by atoms with Crippen molar-refractivity contribution in [3.05, 3.63) is 28.8 Å². The van der Waals surface area contributed by atoms with Gasteiger partial charge in [-0.3, -0.25) is 4.79 Å². The maximum absolute atomic E-state index is 12.1. The number of amides is 1. The summed E-state index contributed by atoms with van der Waals surface area (Å²) in [6.45, 7) is 1.70. The molecule has 0 saturated carbocycles. The lowest BCUT2D eigenvalue weighted by molar-refractivity contribution is -0.122. The van der Waals surface area contributed by atoms with Crippen LogP contribution >= 0.6 is 11.6 Å². The second-order valence-corrected chi connectivity index (χ2v) is 4.93. The molecule has 6 heteroatoms. The van der Waals surface area contributed by atoms with Gasteiger partial charge in [0.15, 0.2) is 0 Å². The Kier molecular flexibility index (Phi) is 5.81. The Morgan fingerprint density at radius 2 is 2.20 bits per heavy atom. The third kappa shape index (κ3) is 4.12. The van der Waals surface area contributed by atoms with E-state index in [1.54, 1.807) is 25.1 Å². The second-order valence-electron chi connectivity index (χ2n) is 4.52. The molecule has 1 amide bonds. The number of methoxy groups -OCH3 is 2. The van der Waals surface area contributed by atoms with Crippen molar-refractivity contribution in [3.8, 4) is 11.8 Å². The summed E-state index contributed by atoms with van der Waals surface area (Å²) in [5.74, 6) is 0.218. The predicted octanol–water partition coefficient (Wildman–Crippen LogP) is 1.94. The molecule has 0 fully saturated rings. The number of halogens is 1. The summed E-state index contributed by atoms with van der Waals surface area (Å²) >= 11 is 6.07. The van der Waals surface area contributed by atoms with Gasteiger partial charge in [-0.05, 0) is 19.1 Å². The minimum absolute atomic E-state index is 0.0316. The molecule has 1 N–H and O–H groups in total. The summed E-state index contributed by atoms with van der Waals surface area (Å²) in [6.07, 6.45) is 0.0316. The lowest BCUT2D eigenvalue weighted by atomic mass is 10.0. The monoisotopic (exact) mass is 296 g/mol. The van der Waals surface area contributed by atoms with Gasteiger partial charge in [0.05, 0.1) is 26.2 Å². The Morgan fingerprint density at radius 3 is 2.75 bits per heavy atom. The van der Waals surface area contributed by atoms with Gasteiger partial charge in [-0.25, -0.2) is 0 Å². The van der Waals surface area contributed by atoms with Crippen molar-refractivity contribution < 1.29 is 14.3 Å². The number of ether oxygens (including phenoxy) is 2. The topological polar surface area (TPSA) is 71.3 Å². The fourth-order valence-electron chi connectivity index (χ4n) is 1.80. The lowest BCUT2D eigenvalue weighted by Crippen LogP contribution is -2.48. The van der Waals surface area contributed by atoms with Crippen molar-refractivity contribution >= 4 is 17.5 Å². The van der Waals surface area contributed by atoms with Crippen LogP contribution in [-0.2, 0) is 16.0 Å². The molecular formula is C14H17ClN2O3. The molecule has 108 valence electrons. The van der Waals surface area contributed by atoms with Crippen molar-refractivity contribution in [2.75, 3.05) is 20.8 Å². The third-order valence-corrected chi connectivity index (χ3v) is 3.08. The van der Waals surface area contributed by atoms with E-state index in [0.29, 0.717) is 16.3 Å². The van der Waals surface area contributed by atoms with E-state index >= 15 is 0 Å². The quantitative estimate of drug-likeness (QED) is 0.871. The van der Waals surface area contributed by atoms with Gasteiger partial charge in [0.2, 0.25) is 5.91 Å². The van der Waals surface area contributed by atoms with Gasteiger partial charge in [0, 0.05) is 17.7 Å². The Morgan fingerprint density at radius 1 is 1.50 bits per heavy atom. The van der Waals surface area contributed by atoms with Crippen LogP contribution in [0.15, 0.2) is 18.2 Å². The molecule has 0 aliphatic carbocycles. The van der Waals surface area contributed by atoms with Crippen LogP contribution in [-0.4, -0.2) is 32.3 Å². The molecular weight excluding hydrogens is 280 g/mol. The summed E-state index contributed by atoms with van der Waals surface area (Å²) in [5, 5.41) is 12.2. The Balaban J connectivity index is 2.85. The minimum Gasteiger partial charge on any atom is -0.496 e. The number of rotatable bonds is 6. The van der Waals surface area contributed by atoms with Crippen molar-refractivity contribution in [1.29, 1.82) is 5.26 Å². The van der Waals surface area contributed by atoms with E-state index < -0.39 is 5.54 Å². The van der Waals surface area contributed by atoms with Crippen LogP contribution < -0.4 is 10.1 Å². The van der Waals surface area contributed by atoms with Gasteiger partial charge in [0.25, 0.3) is 0 Å². The fraction of sp³-hybridized carbons (Fsp3) is 0.429. The molecule has 0 heterocycles. The van der Waals surface area contributed by atoms with Gasteiger partial charge in [-0.1, -0.05) is 17.7 Å². The zero-order chi connectivity index (χ0) is 15.2. The SMILES string of the molecule is COCC(C)(C#N)NC(=O)Cc1c(Cl)cccc1OC. The summed E-state index contributed by atoms with van der Waals surface area (Å²) in [7, 11) is 2.98. The van der Waals surface area contributed by atoms with Crippen LogP contribution in [0.3, 0.4) is 0 Å². The molecule has 20 heavy (non-hydrogen) atoms. The van der Waals surface area contributed by atoms with Crippen LogP contribution in [0, 0.1) is 11.3 Å². The largest absolute Gasteiger partial charge is 0.496 e. The maximum Gasteiger partial charge on any atom is 0.225 e. The fourth-order valence-corrected chi connectivity index (χ4v) is 2.03. The molecule has 0 aromatic heterocycles. The third-order valence-electron chi connectivity index (χ3n) is 2.73. The average Bonchev–Trinajstić information content (AvgIpc) is 2.41. The maximum atomic E-state index is 12.1. The molecule has 0 aliphatic rings. The molecule has 0 radical (unpaired) electrons. The van der Waals surface area contributed by atoms with Gasteiger partial charge >= 0.3 is 0 Å². The van der Waals surface area contributed by atoms with E-state index in [1.807, 2.05) is 6.07 Å². The highest BCUT2D eigenvalue weighted by Gasteiger charge is 2.26. The molecule has 0 aliphatic heterocycles. The van der Waals surface area contributed by atoms with E-state index in [-0.39, 0.29) is 18.9 Å². The van der Waals surface area contributed by atoms with Gasteiger partial charge in [0.1, 0.15) is 11.3 Å². The number of nitriles is 1. The molecule has 1 atom stereocenters. The molecule has 0 bridgehead atoms.